The summed E-state index contributed by atoms with van der Waals surface area (Å²) in [5.41, 5.74) is -0.755. The maximum absolute atomic E-state index is 12.2. The first-order chi connectivity index (χ1) is 9.59. The first-order valence-electron chi connectivity index (χ1n) is 7.84. The Balaban J connectivity index is 1.70. The quantitative estimate of drug-likeness (QED) is 0.783. The van der Waals surface area contributed by atoms with Crippen LogP contribution in [-0.2, 0) is 9.53 Å². The molecular formula is C15H28N2O3. The van der Waals surface area contributed by atoms with Gasteiger partial charge in [-0.3, -0.25) is 4.79 Å². The minimum Gasteiger partial charge on any atom is -0.388 e. The highest BCUT2D eigenvalue weighted by Gasteiger charge is 2.32. The molecule has 0 saturated carbocycles. The maximum Gasteiger partial charge on any atom is 0.222 e. The zero-order valence-corrected chi connectivity index (χ0v) is 12.6. The third kappa shape index (κ3) is 4.72. The predicted octanol–water partition coefficient (Wildman–Crippen LogP) is 0.766. The normalized spacial score (nSPS) is 26.2. The van der Waals surface area contributed by atoms with Crippen LogP contribution in [0.2, 0.25) is 0 Å². The average Bonchev–Trinajstić information content (AvgIpc) is 2.46. The molecule has 2 aliphatic rings. The van der Waals surface area contributed by atoms with Crippen molar-refractivity contribution in [2.75, 3.05) is 39.9 Å². The summed E-state index contributed by atoms with van der Waals surface area (Å²) in [7, 11) is 1.80. The molecule has 1 unspecified atom stereocenters. The largest absolute Gasteiger partial charge is 0.388 e. The van der Waals surface area contributed by atoms with Crippen LogP contribution in [0, 0.1) is 5.92 Å². The Hall–Kier alpha value is -0.650. The molecule has 2 saturated heterocycles. The van der Waals surface area contributed by atoms with Gasteiger partial charge in [0.15, 0.2) is 0 Å². The number of aliphatic hydroxyl groups is 1. The molecule has 2 heterocycles. The van der Waals surface area contributed by atoms with Gasteiger partial charge in [0.2, 0.25) is 5.91 Å². The van der Waals surface area contributed by atoms with E-state index >= 15 is 0 Å². The van der Waals surface area contributed by atoms with Gasteiger partial charge in [-0.05, 0) is 38.3 Å². The molecule has 0 bridgehead atoms. The van der Waals surface area contributed by atoms with Crippen LogP contribution in [0.15, 0.2) is 0 Å². The van der Waals surface area contributed by atoms with Gasteiger partial charge in [0.25, 0.3) is 0 Å². The van der Waals surface area contributed by atoms with E-state index in [0.717, 1.165) is 19.5 Å². The molecule has 116 valence electrons. The fourth-order valence-corrected chi connectivity index (χ4v) is 3.13. The lowest BCUT2D eigenvalue weighted by Gasteiger charge is -2.35. The highest BCUT2D eigenvalue weighted by atomic mass is 16.5. The molecule has 5 nitrogen and oxygen atoms in total. The van der Waals surface area contributed by atoms with Crippen LogP contribution in [-0.4, -0.2) is 61.4 Å². The van der Waals surface area contributed by atoms with Crippen molar-refractivity contribution in [2.45, 2.75) is 44.1 Å². The number of nitrogens with one attached hydrogen (secondary N) is 1. The molecule has 0 spiro atoms. The molecule has 0 aromatic heterocycles. The Morgan fingerprint density at radius 2 is 2.20 bits per heavy atom. The summed E-state index contributed by atoms with van der Waals surface area (Å²) in [6.45, 7) is 3.76. The van der Waals surface area contributed by atoms with Crippen LogP contribution >= 0.6 is 0 Å². The predicted molar refractivity (Wildman–Crippen MR) is 77.5 cm³/mol. The lowest BCUT2D eigenvalue weighted by Crippen LogP contribution is -2.47. The topological polar surface area (TPSA) is 61.8 Å². The lowest BCUT2D eigenvalue weighted by atomic mass is 9.93. The monoisotopic (exact) mass is 284 g/mol. The van der Waals surface area contributed by atoms with Crippen molar-refractivity contribution in [1.82, 2.24) is 10.2 Å². The van der Waals surface area contributed by atoms with Crippen molar-refractivity contribution in [1.29, 1.82) is 0 Å². The summed E-state index contributed by atoms with van der Waals surface area (Å²) in [6.07, 6.45) is 5.24. The number of likely N-dealkylation sites (N-methyl/N-ethyl adjacent to an activating group) is 1. The van der Waals surface area contributed by atoms with E-state index in [0.29, 0.717) is 44.9 Å². The minimum absolute atomic E-state index is 0.149. The van der Waals surface area contributed by atoms with Gasteiger partial charge >= 0.3 is 0 Å². The Bertz CT molecular complexity index is 310. The fraction of sp³-hybridized carbons (Fsp3) is 0.933. The molecule has 2 N–H and O–H groups in total. The van der Waals surface area contributed by atoms with Crippen molar-refractivity contribution in [3.63, 3.8) is 0 Å². The maximum atomic E-state index is 12.2. The third-order valence-electron chi connectivity index (χ3n) is 4.55. The van der Waals surface area contributed by atoms with Gasteiger partial charge in [-0.25, -0.2) is 0 Å². The van der Waals surface area contributed by atoms with E-state index in [4.69, 9.17) is 4.74 Å². The second-order valence-electron chi connectivity index (χ2n) is 6.34. The molecule has 20 heavy (non-hydrogen) atoms. The van der Waals surface area contributed by atoms with Gasteiger partial charge in [-0.2, -0.15) is 0 Å². The number of rotatable bonds is 5. The van der Waals surface area contributed by atoms with Gasteiger partial charge in [0, 0.05) is 46.1 Å². The number of hydrogen-bond donors (Lipinski definition) is 2. The smallest absolute Gasteiger partial charge is 0.222 e. The number of nitrogens with zero attached hydrogens (tertiary/aromatic N) is 1. The number of piperidine rings is 1. The molecule has 1 amide bonds. The second kappa shape index (κ2) is 7.38. The van der Waals surface area contributed by atoms with Gasteiger partial charge in [0.05, 0.1) is 5.60 Å². The average molecular weight is 284 g/mol. The Labute approximate surface area is 121 Å². The standard InChI is InChI=1S/C15H28N2O3/c1-17(12-15(19)6-9-20-10-7-15)14(18)5-4-13-3-2-8-16-11-13/h13,16,19H,2-12H2,1H3. The first-order valence-corrected chi connectivity index (χ1v) is 7.84. The molecule has 5 heteroatoms. The van der Waals surface area contributed by atoms with Crippen LogP contribution in [0.5, 0.6) is 0 Å². The van der Waals surface area contributed by atoms with Crippen LogP contribution in [0.25, 0.3) is 0 Å². The molecule has 2 rings (SSSR count). The summed E-state index contributed by atoms with van der Waals surface area (Å²) in [6, 6.07) is 0. The van der Waals surface area contributed by atoms with Gasteiger partial charge in [0.1, 0.15) is 0 Å². The Kier molecular flexibility index (Phi) is 5.81. The van der Waals surface area contributed by atoms with Crippen LogP contribution in [0.3, 0.4) is 0 Å². The van der Waals surface area contributed by atoms with Crippen molar-refractivity contribution in [3.8, 4) is 0 Å². The fourth-order valence-electron chi connectivity index (χ4n) is 3.13. The van der Waals surface area contributed by atoms with E-state index in [1.54, 1.807) is 11.9 Å². The molecular weight excluding hydrogens is 256 g/mol. The Morgan fingerprint density at radius 1 is 1.45 bits per heavy atom. The van der Waals surface area contributed by atoms with E-state index < -0.39 is 5.60 Å². The number of hydrogen-bond acceptors (Lipinski definition) is 4. The summed E-state index contributed by atoms with van der Waals surface area (Å²) >= 11 is 0. The number of amides is 1. The zero-order valence-electron chi connectivity index (χ0n) is 12.6. The van der Waals surface area contributed by atoms with Crippen LogP contribution in [0.4, 0.5) is 0 Å². The Morgan fingerprint density at radius 3 is 2.85 bits per heavy atom. The number of carbonyl (C=O) groups excluding carboxylic acids is 1. The van der Waals surface area contributed by atoms with Crippen molar-refractivity contribution in [2.24, 2.45) is 5.92 Å². The SMILES string of the molecule is CN(CC1(O)CCOCC1)C(=O)CCC1CCCNC1. The molecule has 1 atom stereocenters. The summed E-state index contributed by atoms with van der Waals surface area (Å²) in [5, 5.41) is 13.8. The zero-order chi connectivity index (χ0) is 14.4. The van der Waals surface area contributed by atoms with Crippen molar-refractivity contribution < 1.29 is 14.6 Å². The second-order valence-corrected chi connectivity index (χ2v) is 6.34. The highest BCUT2D eigenvalue weighted by Crippen LogP contribution is 2.22. The van der Waals surface area contributed by atoms with Crippen LogP contribution in [0.1, 0.15) is 38.5 Å². The van der Waals surface area contributed by atoms with Gasteiger partial charge < -0.3 is 20.1 Å². The van der Waals surface area contributed by atoms with Crippen LogP contribution < -0.4 is 5.32 Å². The van der Waals surface area contributed by atoms with Crippen molar-refractivity contribution in [3.05, 3.63) is 0 Å². The molecule has 0 aliphatic carbocycles. The lowest BCUT2D eigenvalue weighted by molar-refractivity contribution is -0.137. The molecule has 0 aromatic carbocycles. The van der Waals surface area contributed by atoms with E-state index in [9.17, 15) is 9.90 Å². The minimum atomic E-state index is -0.755. The molecule has 2 fully saturated rings. The van der Waals surface area contributed by atoms with Gasteiger partial charge in [-0.15, -0.1) is 0 Å². The molecule has 0 aromatic rings. The molecule has 0 radical (unpaired) electrons. The van der Waals surface area contributed by atoms with Gasteiger partial charge in [-0.1, -0.05) is 0 Å². The van der Waals surface area contributed by atoms with E-state index in [2.05, 4.69) is 5.32 Å². The summed E-state index contributed by atoms with van der Waals surface area (Å²) in [4.78, 5) is 13.9. The third-order valence-corrected chi connectivity index (χ3v) is 4.55. The van der Waals surface area contributed by atoms with E-state index in [-0.39, 0.29) is 5.91 Å². The van der Waals surface area contributed by atoms with E-state index in [1.165, 1.54) is 12.8 Å². The van der Waals surface area contributed by atoms with E-state index in [1.807, 2.05) is 0 Å². The summed E-state index contributed by atoms with van der Waals surface area (Å²) < 4.78 is 5.26. The van der Waals surface area contributed by atoms with Crippen molar-refractivity contribution >= 4 is 5.91 Å². The first kappa shape index (κ1) is 15.7. The summed E-state index contributed by atoms with van der Waals surface area (Å²) in [5.74, 6) is 0.780. The highest BCUT2D eigenvalue weighted by molar-refractivity contribution is 5.75. The molecule has 2 aliphatic heterocycles. The number of carbonyl (C=O) groups is 1. The number of ether oxygens (including phenoxy) is 1.